The first-order valence-corrected chi connectivity index (χ1v) is 17.2. The van der Waals surface area contributed by atoms with Gasteiger partial charge in [0, 0.05) is 68.8 Å². The third kappa shape index (κ3) is 8.13. The van der Waals surface area contributed by atoms with E-state index in [1.807, 2.05) is 49.4 Å². The number of carbonyl (C=O) groups is 2. The molecule has 2 fully saturated rings. The lowest BCUT2D eigenvalue weighted by molar-refractivity contribution is -0.149. The molecule has 0 saturated carbocycles. The van der Waals surface area contributed by atoms with Crippen LogP contribution in [0.25, 0.3) is 11.3 Å². The molecule has 4 aromatic rings. The van der Waals surface area contributed by atoms with Crippen LogP contribution >= 0.6 is 11.8 Å². The number of benzene rings is 3. The van der Waals surface area contributed by atoms with Crippen LogP contribution in [0.4, 0.5) is 5.82 Å². The SMILES string of the molecule is CCOC(=O)C1CCCN(C(=O)c2cccc(CSc3nc(-c4ccccc4)cc(N4CCN(Cc5ccccc5)CC4)n3)c2)C1. The molecule has 0 N–H and O–H groups in total. The second kappa shape index (κ2) is 15.4. The number of nitrogens with zero attached hydrogens (tertiary/aromatic N) is 5. The van der Waals surface area contributed by atoms with Gasteiger partial charge in [0.25, 0.3) is 5.91 Å². The standard InChI is InChI=1S/C37H41N5O3S/c1-2-45-36(44)32-17-10-18-42(26-32)35(43)31-16-9-13-29(23-31)27-46-37-38-33(30-14-7-4-8-15-30)24-34(39-37)41-21-19-40(20-22-41)25-28-11-5-3-6-12-28/h3-9,11-16,23-24,32H,2,10,17-22,25-27H2,1H3. The molecule has 6 rings (SSSR count). The minimum absolute atomic E-state index is 0.0446. The molecule has 1 atom stereocenters. The van der Waals surface area contributed by atoms with Gasteiger partial charge in [-0.3, -0.25) is 14.5 Å². The third-order valence-electron chi connectivity index (χ3n) is 8.58. The molecule has 46 heavy (non-hydrogen) atoms. The van der Waals surface area contributed by atoms with Crippen molar-refractivity contribution < 1.29 is 14.3 Å². The zero-order chi connectivity index (χ0) is 31.7. The summed E-state index contributed by atoms with van der Waals surface area (Å²) in [6, 6.07) is 30.8. The Morgan fingerprint density at radius 1 is 0.848 bits per heavy atom. The summed E-state index contributed by atoms with van der Waals surface area (Å²) in [7, 11) is 0. The highest BCUT2D eigenvalue weighted by Gasteiger charge is 2.30. The molecule has 0 spiro atoms. The Balaban J connectivity index is 1.14. The lowest BCUT2D eigenvalue weighted by Crippen LogP contribution is -2.46. The van der Waals surface area contributed by atoms with Gasteiger partial charge in [-0.25, -0.2) is 9.97 Å². The predicted octanol–water partition coefficient (Wildman–Crippen LogP) is 6.17. The van der Waals surface area contributed by atoms with E-state index in [-0.39, 0.29) is 17.8 Å². The van der Waals surface area contributed by atoms with E-state index < -0.39 is 0 Å². The van der Waals surface area contributed by atoms with Gasteiger partial charge in [-0.2, -0.15) is 0 Å². The maximum Gasteiger partial charge on any atom is 0.310 e. The Kier molecular flexibility index (Phi) is 10.6. The Labute approximate surface area is 275 Å². The summed E-state index contributed by atoms with van der Waals surface area (Å²) in [5, 5.41) is 0.716. The second-order valence-electron chi connectivity index (χ2n) is 11.8. The van der Waals surface area contributed by atoms with Crippen molar-refractivity contribution in [1.29, 1.82) is 0 Å². The molecule has 3 heterocycles. The van der Waals surface area contributed by atoms with Gasteiger partial charge < -0.3 is 14.5 Å². The second-order valence-corrected chi connectivity index (χ2v) is 12.8. The molecule has 0 radical (unpaired) electrons. The fourth-order valence-electron chi connectivity index (χ4n) is 6.11. The first-order valence-electron chi connectivity index (χ1n) is 16.2. The van der Waals surface area contributed by atoms with E-state index in [4.69, 9.17) is 14.7 Å². The maximum atomic E-state index is 13.4. The number of likely N-dealkylation sites (tertiary alicyclic amines) is 1. The lowest BCUT2D eigenvalue weighted by atomic mass is 9.97. The minimum atomic E-state index is -0.258. The number of ether oxygens (including phenoxy) is 1. The van der Waals surface area contributed by atoms with Gasteiger partial charge in [-0.1, -0.05) is 84.6 Å². The molecule has 2 aliphatic heterocycles. The molecule has 2 saturated heterocycles. The van der Waals surface area contributed by atoms with Crippen LogP contribution in [-0.2, 0) is 21.8 Å². The van der Waals surface area contributed by atoms with Gasteiger partial charge in [-0.05, 0) is 43.0 Å². The molecule has 8 nitrogen and oxygen atoms in total. The van der Waals surface area contributed by atoms with E-state index >= 15 is 0 Å². The van der Waals surface area contributed by atoms with Crippen molar-refractivity contribution in [3.05, 3.63) is 108 Å². The summed E-state index contributed by atoms with van der Waals surface area (Å²) in [4.78, 5) is 42.4. The van der Waals surface area contributed by atoms with Gasteiger partial charge in [-0.15, -0.1) is 0 Å². The molecule has 0 aliphatic carbocycles. The largest absolute Gasteiger partial charge is 0.466 e. The summed E-state index contributed by atoms with van der Waals surface area (Å²) in [5.74, 6) is 1.07. The Morgan fingerprint density at radius 3 is 2.35 bits per heavy atom. The molecule has 1 amide bonds. The number of piperazine rings is 1. The zero-order valence-electron chi connectivity index (χ0n) is 26.4. The van der Waals surface area contributed by atoms with Crippen molar-refractivity contribution in [2.24, 2.45) is 5.92 Å². The van der Waals surface area contributed by atoms with Crippen molar-refractivity contribution in [3.8, 4) is 11.3 Å². The van der Waals surface area contributed by atoms with Gasteiger partial charge in [0.1, 0.15) is 5.82 Å². The van der Waals surface area contributed by atoms with Crippen LogP contribution in [-0.4, -0.2) is 77.5 Å². The molecule has 238 valence electrons. The Hall–Kier alpha value is -4.21. The van der Waals surface area contributed by atoms with Gasteiger partial charge in [0.2, 0.25) is 0 Å². The summed E-state index contributed by atoms with van der Waals surface area (Å²) in [5.41, 5.74) is 4.97. The molecule has 3 aromatic carbocycles. The van der Waals surface area contributed by atoms with Crippen molar-refractivity contribution in [2.75, 3.05) is 50.8 Å². The number of amides is 1. The number of piperidine rings is 1. The average Bonchev–Trinajstić information content (AvgIpc) is 3.12. The topological polar surface area (TPSA) is 78.9 Å². The highest BCUT2D eigenvalue weighted by molar-refractivity contribution is 7.98. The summed E-state index contributed by atoms with van der Waals surface area (Å²) < 4.78 is 5.22. The summed E-state index contributed by atoms with van der Waals surface area (Å²) in [6.07, 6.45) is 1.55. The Morgan fingerprint density at radius 2 is 1.59 bits per heavy atom. The molecular weight excluding hydrogens is 595 g/mol. The van der Waals surface area contributed by atoms with Gasteiger partial charge in [0.05, 0.1) is 18.2 Å². The Bertz CT molecular complexity index is 1610. The van der Waals surface area contributed by atoms with Crippen molar-refractivity contribution in [1.82, 2.24) is 19.8 Å². The van der Waals surface area contributed by atoms with Crippen LogP contribution in [0, 0.1) is 5.92 Å². The highest BCUT2D eigenvalue weighted by atomic mass is 32.2. The summed E-state index contributed by atoms with van der Waals surface area (Å²) >= 11 is 1.58. The molecule has 2 aliphatic rings. The quantitative estimate of drug-likeness (QED) is 0.116. The van der Waals surface area contributed by atoms with Crippen LogP contribution < -0.4 is 4.90 Å². The van der Waals surface area contributed by atoms with E-state index in [9.17, 15) is 9.59 Å². The minimum Gasteiger partial charge on any atom is -0.466 e. The number of carbonyl (C=O) groups excluding carboxylic acids is 2. The van der Waals surface area contributed by atoms with Crippen molar-refractivity contribution in [3.63, 3.8) is 0 Å². The van der Waals surface area contributed by atoms with Crippen LogP contribution in [0.1, 0.15) is 41.3 Å². The first-order chi connectivity index (χ1) is 22.6. The number of hydrogen-bond acceptors (Lipinski definition) is 8. The fraction of sp³-hybridized carbons (Fsp3) is 0.351. The predicted molar refractivity (Wildman–Crippen MR) is 183 cm³/mol. The third-order valence-corrected chi connectivity index (χ3v) is 9.50. The van der Waals surface area contributed by atoms with E-state index in [0.29, 0.717) is 36.2 Å². The van der Waals surface area contributed by atoms with Crippen LogP contribution in [0.3, 0.4) is 0 Å². The van der Waals surface area contributed by atoms with E-state index in [1.165, 1.54) is 5.56 Å². The van der Waals surface area contributed by atoms with E-state index in [2.05, 4.69) is 58.3 Å². The number of hydrogen-bond donors (Lipinski definition) is 0. The number of anilines is 1. The molecule has 1 aromatic heterocycles. The number of aromatic nitrogens is 2. The van der Waals surface area contributed by atoms with Crippen molar-refractivity contribution >= 4 is 29.5 Å². The monoisotopic (exact) mass is 635 g/mol. The highest BCUT2D eigenvalue weighted by Crippen LogP contribution is 2.29. The fourth-order valence-corrected chi connectivity index (χ4v) is 6.91. The van der Waals surface area contributed by atoms with Gasteiger partial charge in [0.15, 0.2) is 5.16 Å². The molecule has 1 unspecified atom stereocenters. The smallest absolute Gasteiger partial charge is 0.310 e. The van der Waals surface area contributed by atoms with Crippen LogP contribution in [0.15, 0.2) is 96.2 Å². The molecular formula is C37H41N5O3S. The number of rotatable bonds is 10. The first kappa shape index (κ1) is 31.8. The summed E-state index contributed by atoms with van der Waals surface area (Å²) in [6.45, 7) is 7.93. The van der Waals surface area contributed by atoms with Crippen molar-refractivity contribution in [2.45, 2.75) is 37.2 Å². The zero-order valence-corrected chi connectivity index (χ0v) is 27.2. The van der Waals surface area contributed by atoms with Crippen LogP contribution in [0.2, 0.25) is 0 Å². The lowest BCUT2D eigenvalue weighted by Gasteiger charge is -2.35. The van der Waals surface area contributed by atoms with E-state index in [0.717, 1.165) is 68.2 Å². The van der Waals surface area contributed by atoms with Gasteiger partial charge >= 0.3 is 5.97 Å². The molecule has 9 heteroatoms. The van der Waals surface area contributed by atoms with Crippen LogP contribution in [0.5, 0.6) is 0 Å². The maximum absolute atomic E-state index is 13.4. The average molecular weight is 636 g/mol. The normalized spacial score (nSPS) is 17.1. The molecule has 0 bridgehead atoms. The van der Waals surface area contributed by atoms with E-state index in [1.54, 1.807) is 16.7 Å². The number of esters is 1. The number of thioether (sulfide) groups is 1.